The Morgan fingerprint density at radius 2 is 1.62 bits per heavy atom. The van der Waals surface area contributed by atoms with Gasteiger partial charge in [-0.1, -0.05) is 39.0 Å². The first-order chi connectivity index (χ1) is 13.6. The number of amides is 2. The summed E-state index contributed by atoms with van der Waals surface area (Å²) >= 11 is 0. The van der Waals surface area contributed by atoms with Gasteiger partial charge in [0.1, 0.15) is 6.54 Å². The van der Waals surface area contributed by atoms with Crippen molar-refractivity contribution in [1.82, 2.24) is 0 Å². The Balaban J connectivity index is 2.17. The summed E-state index contributed by atoms with van der Waals surface area (Å²) in [5, 5.41) is 2.91. The molecular formula is C23H28N2O4. The lowest BCUT2D eigenvalue weighted by Crippen LogP contribution is -2.37. The summed E-state index contributed by atoms with van der Waals surface area (Å²) in [4.78, 5) is 37.9. The highest BCUT2D eigenvalue weighted by Gasteiger charge is 2.21. The lowest BCUT2D eigenvalue weighted by atomic mass is 9.86. The van der Waals surface area contributed by atoms with Crippen LogP contribution in [-0.2, 0) is 19.7 Å². The normalized spacial score (nSPS) is 10.9. The second-order valence-corrected chi connectivity index (χ2v) is 7.72. The van der Waals surface area contributed by atoms with E-state index in [1.54, 1.807) is 31.2 Å². The molecule has 0 saturated heterocycles. The van der Waals surface area contributed by atoms with Crippen LogP contribution in [0.1, 0.15) is 50.5 Å². The Bertz CT molecular complexity index is 882. The van der Waals surface area contributed by atoms with Gasteiger partial charge in [0, 0.05) is 18.3 Å². The average molecular weight is 396 g/mol. The number of benzene rings is 2. The summed E-state index contributed by atoms with van der Waals surface area (Å²) < 4.78 is 4.96. The maximum Gasteiger partial charge on any atom is 0.338 e. The number of esters is 1. The number of hydrogen-bond donors (Lipinski definition) is 1. The number of hydrogen-bond acceptors (Lipinski definition) is 4. The highest BCUT2D eigenvalue weighted by atomic mass is 16.5. The Morgan fingerprint density at radius 3 is 2.17 bits per heavy atom. The molecule has 2 aromatic rings. The van der Waals surface area contributed by atoms with Crippen molar-refractivity contribution < 1.29 is 19.1 Å². The molecule has 2 rings (SSSR count). The molecule has 0 bridgehead atoms. The van der Waals surface area contributed by atoms with Gasteiger partial charge < -0.3 is 15.0 Å². The number of anilines is 2. The Labute approximate surface area is 171 Å². The van der Waals surface area contributed by atoms with E-state index in [-0.39, 0.29) is 30.4 Å². The zero-order valence-electron chi connectivity index (χ0n) is 17.6. The fourth-order valence-electron chi connectivity index (χ4n) is 2.96. The van der Waals surface area contributed by atoms with Crippen molar-refractivity contribution in [2.45, 2.75) is 40.0 Å². The molecule has 0 aliphatic carbocycles. The number of nitrogens with zero attached hydrogens (tertiary/aromatic N) is 1. The van der Waals surface area contributed by atoms with Crippen LogP contribution in [0.25, 0.3) is 0 Å². The molecule has 2 amide bonds. The first-order valence-electron chi connectivity index (χ1n) is 9.58. The van der Waals surface area contributed by atoms with Crippen molar-refractivity contribution in [2.75, 3.05) is 23.4 Å². The maximum absolute atomic E-state index is 12.7. The van der Waals surface area contributed by atoms with Crippen LogP contribution in [0.15, 0.2) is 48.5 Å². The van der Waals surface area contributed by atoms with E-state index in [9.17, 15) is 14.4 Å². The summed E-state index contributed by atoms with van der Waals surface area (Å²) in [6.07, 6.45) is 0. The fraction of sp³-hybridized carbons (Fsp3) is 0.348. The summed E-state index contributed by atoms with van der Waals surface area (Å²) in [6.45, 7) is 9.51. The molecule has 0 aliphatic rings. The van der Waals surface area contributed by atoms with E-state index >= 15 is 0 Å². The first-order valence-corrected chi connectivity index (χ1v) is 9.58. The van der Waals surface area contributed by atoms with Gasteiger partial charge in [0.25, 0.3) is 0 Å². The van der Waals surface area contributed by atoms with E-state index < -0.39 is 5.97 Å². The molecule has 0 fully saturated rings. The van der Waals surface area contributed by atoms with Gasteiger partial charge in [0.2, 0.25) is 11.8 Å². The molecule has 0 aromatic heterocycles. The topological polar surface area (TPSA) is 75.7 Å². The number of carbonyl (C=O) groups excluding carboxylic acids is 3. The molecule has 2 aromatic carbocycles. The number of para-hydroxylation sites is 1. The van der Waals surface area contributed by atoms with Gasteiger partial charge in [-0.15, -0.1) is 0 Å². The first kappa shape index (κ1) is 22.1. The van der Waals surface area contributed by atoms with Crippen LogP contribution < -0.4 is 10.2 Å². The Hall–Kier alpha value is -3.15. The van der Waals surface area contributed by atoms with Gasteiger partial charge in [-0.2, -0.15) is 0 Å². The minimum atomic E-state index is -0.426. The summed E-state index contributed by atoms with van der Waals surface area (Å²) in [5.41, 5.74) is 2.53. The van der Waals surface area contributed by atoms with Crippen LogP contribution in [0.2, 0.25) is 0 Å². The highest BCUT2D eigenvalue weighted by Crippen LogP contribution is 2.29. The third-order valence-electron chi connectivity index (χ3n) is 4.38. The van der Waals surface area contributed by atoms with Crippen molar-refractivity contribution in [3.63, 3.8) is 0 Å². The van der Waals surface area contributed by atoms with Crippen LogP contribution in [0.3, 0.4) is 0 Å². The van der Waals surface area contributed by atoms with Crippen LogP contribution in [0, 0.1) is 0 Å². The predicted octanol–water partition coefficient (Wildman–Crippen LogP) is 4.15. The molecule has 0 atom stereocenters. The Morgan fingerprint density at radius 1 is 1.00 bits per heavy atom. The van der Waals surface area contributed by atoms with Gasteiger partial charge in [0.05, 0.1) is 12.2 Å². The molecule has 29 heavy (non-hydrogen) atoms. The number of ether oxygens (including phenoxy) is 1. The summed E-state index contributed by atoms with van der Waals surface area (Å²) in [6, 6.07) is 14.0. The maximum atomic E-state index is 12.7. The molecular weight excluding hydrogens is 368 g/mol. The molecule has 154 valence electrons. The number of nitrogens with one attached hydrogen (secondary N) is 1. The number of carbonyl (C=O) groups is 3. The third-order valence-corrected chi connectivity index (χ3v) is 4.38. The molecule has 0 saturated carbocycles. The van der Waals surface area contributed by atoms with Gasteiger partial charge in [-0.3, -0.25) is 9.59 Å². The summed E-state index contributed by atoms with van der Waals surface area (Å²) in [5.74, 6) is -0.996. The summed E-state index contributed by atoms with van der Waals surface area (Å²) in [7, 11) is 0. The largest absolute Gasteiger partial charge is 0.462 e. The molecule has 0 heterocycles. The molecule has 0 unspecified atom stereocenters. The monoisotopic (exact) mass is 396 g/mol. The minimum absolute atomic E-state index is 0.132. The Kier molecular flexibility index (Phi) is 7.15. The van der Waals surface area contributed by atoms with E-state index in [1.807, 2.05) is 24.3 Å². The van der Waals surface area contributed by atoms with Crippen molar-refractivity contribution in [2.24, 2.45) is 0 Å². The smallest absolute Gasteiger partial charge is 0.338 e. The van der Waals surface area contributed by atoms with E-state index in [4.69, 9.17) is 4.74 Å². The molecule has 0 radical (unpaired) electrons. The van der Waals surface area contributed by atoms with Crippen LogP contribution >= 0.6 is 0 Å². The van der Waals surface area contributed by atoms with E-state index in [2.05, 4.69) is 26.1 Å². The minimum Gasteiger partial charge on any atom is -0.462 e. The number of rotatable bonds is 6. The predicted molar refractivity (Wildman–Crippen MR) is 114 cm³/mol. The van der Waals surface area contributed by atoms with E-state index in [0.29, 0.717) is 11.3 Å². The van der Waals surface area contributed by atoms with Gasteiger partial charge in [-0.05, 0) is 48.2 Å². The quantitative estimate of drug-likeness (QED) is 0.744. The van der Waals surface area contributed by atoms with Crippen LogP contribution in [-0.4, -0.2) is 30.9 Å². The van der Waals surface area contributed by atoms with Crippen molar-refractivity contribution >= 4 is 29.2 Å². The van der Waals surface area contributed by atoms with Crippen molar-refractivity contribution in [3.05, 3.63) is 59.7 Å². The molecule has 0 aliphatic heterocycles. The molecule has 6 nitrogen and oxygen atoms in total. The molecule has 0 spiro atoms. The lowest BCUT2D eigenvalue weighted by Gasteiger charge is -2.24. The fourth-order valence-corrected chi connectivity index (χ4v) is 2.96. The third kappa shape index (κ3) is 5.91. The van der Waals surface area contributed by atoms with Gasteiger partial charge in [-0.25, -0.2) is 4.79 Å². The molecule has 6 heteroatoms. The molecule has 1 N–H and O–H groups in total. The van der Waals surface area contributed by atoms with Crippen LogP contribution in [0.4, 0.5) is 11.4 Å². The second-order valence-electron chi connectivity index (χ2n) is 7.72. The van der Waals surface area contributed by atoms with Crippen molar-refractivity contribution in [1.29, 1.82) is 0 Å². The van der Waals surface area contributed by atoms with Gasteiger partial charge in [0.15, 0.2) is 0 Å². The van der Waals surface area contributed by atoms with E-state index in [0.717, 1.165) is 11.3 Å². The zero-order chi connectivity index (χ0) is 21.6. The van der Waals surface area contributed by atoms with Crippen molar-refractivity contribution in [3.8, 4) is 0 Å². The average Bonchev–Trinajstić information content (AvgIpc) is 2.66. The standard InChI is InChI=1S/C23H28N2O4/c1-6-29-22(28)17-11-13-18(14-12-17)25(16(2)26)15-21(27)24-20-10-8-7-9-19(20)23(3,4)5/h7-14H,6,15H2,1-5H3,(H,24,27). The second kappa shape index (κ2) is 9.37. The SMILES string of the molecule is CCOC(=O)c1ccc(N(CC(=O)Nc2ccccc2C(C)(C)C)C(C)=O)cc1. The zero-order valence-corrected chi connectivity index (χ0v) is 17.6. The van der Waals surface area contributed by atoms with Crippen LogP contribution in [0.5, 0.6) is 0 Å². The lowest BCUT2D eigenvalue weighted by molar-refractivity contribution is -0.120. The highest BCUT2D eigenvalue weighted by molar-refractivity contribution is 6.02. The van der Waals surface area contributed by atoms with Gasteiger partial charge >= 0.3 is 5.97 Å². The van der Waals surface area contributed by atoms with E-state index in [1.165, 1.54) is 11.8 Å².